The molecule has 0 N–H and O–H groups in total. The predicted molar refractivity (Wildman–Crippen MR) is 65.7 cm³/mol. The Kier molecular flexibility index (Phi) is 2.21. The van der Waals surface area contributed by atoms with Gasteiger partial charge in [-0.3, -0.25) is 9.69 Å². The van der Waals surface area contributed by atoms with Crippen molar-refractivity contribution in [3.63, 3.8) is 0 Å². The van der Waals surface area contributed by atoms with Gasteiger partial charge in [0.15, 0.2) is 0 Å². The highest BCUT2D eigenvalue weighted by Crippen LogP contribution is 2.42. The van der Waals surface area contributed by atoms with E-state index in [9.17, 15) is 4.79 Å². The van der Waals surface area contributed by atoms with Crippen molar-refractivity contribution in [2.45, 2.75) is 12.8 Å². The highest BCUT2D eigenvalue weighted by atomic mass is 79.9. The lowest BCUT2D eigenvalue weighted by Gasteiger charge is -2.02. The van der Waals surface area contributed by atoms with Gasteiger partial charge in [-0.25, -0.2) is 0 Å². The minimum Gasteiger partial charge on any atom is -0.273 e. The van der Waals surface area contributed by atoms with Gasteiger partial charge >= 0.3 is 0 Å². The van der Waals surface area contributed by atoms with E-state index in [4.69, 9.17) is 0 Å². The topological polar surface area (TPSA) is 20.1 Å². The van der Waals surface area contributed by atoms with Crippen LogP contribution >= 0.6 is 15.9 Å². The molecule has 1 fully saturated rings. The van der Waals surface area contributed by atoms with Gasteiger partial charge < -0.3 is 0 Å². The lowest BCUT2D eigenvalue weighted by atomic mass is 10.2. The molecule has 16 heavy (non-hydrogen) atoms. The minimum atomic E-state index is 0.0619. The third-order valence-corrected chi connectivity index (χ3v) is 3.54. The van der Waals surface area contributed by atoms with Gasteiger partial charge in [0, 0.05) is 4.47 Å². The summed E-state index contributed by atoms with van der Waals surface area (Å²) in [4.78, 5) is 14.0. The molecule has 2 aliphatic rings. The number of halogens is 1. The van der Waals surface area contributed by atoms with E-state index in [0.29, 0.717) is 0 Å². The Morgan fingerprint density at radius 3 is 2.38 bits per heavy atom. The fraction of sp³-hybridized carbons (Fsp3) is 0.154. The van der Waals surface area contributed by atoms with Crippen molar-refractivity contribution in [1.82, 2.24) is 4.90 Å². The van der Waals surface area contributed by atoms with Gasteiger partial charge in [0.2, 0.25) is 0 Å². The SMILES string of the molecule is O=C(c1ccccc1Br)N1C2=CCCC=C21. The second-order valence-corrected chi connectivity index (χ2v) is 4.73. The zero-order valence-corrected chi connectivity index (χ0v) is 10.2. The molecule has 1 aliphatic carbocycles. The number of carbonyl (C=O) groups is 1. The summed E-state index contributed by atoms with van der Waals surface area (Å²) in [6.07, 6.45) is 6.34. The average molecular weight is 276 g/mol. The van der Waals surface area contributed by atoms with E-state index in [-0.39, 0.29) is 5.91 Å². The summed E-state index contributed by atoms with van der Waals surface area (Å²) in [5, 5.41) is 0. The minimum absolute atomic E-state index is 0.0619. The Hall–Kier alpha value is -1.35. The van der Waals surface area contributed by atoms with Gasteiger partial charge in [0.1, 0.15) is 0 Å². The van der Waals surface area contributed by atoms with Crippen LogP contribution in [-0.4, -0.2) is 10.8 Å². The van der Waals surface area contributed by atoms with E-state index in [1.54, 1.807) is 4.90 Å². The maximum Gasteiger partial charge on any atom is 0.264 e. The molecular weight excluding hydrogens is 266 g/mol. The van der Waals surface area contributed by atoms with Crippen LogP contribution in [0.15, 0.2) is 52.3 Å². The second-order valence-electron chi connectivity index (χ2n) is 3.88. The van der Waals surface area contributed by atoms with Gasteiger partial charge in [-0.05, 0) is 40.9 Å². The maximum absolute atomic E-state index is 12.2. The molecule has 0 spiro atoms. The van der Waals surface area contributed by atoms with E-state index in [1.807, 2.05) is 24.3 Å². The van der Waals surface area contributed by atoms with Gasteiger partial charge in [-0.15, -0.1) is 0 Å². The number of hydrogen-bond acceptors (Lipinski definition) is 1. The van der Waals surface area contributed by atoms with Crippen LogP contribution in [0.1, 0.15) is 23.2 Å². The lowest BCUT2D eigenvalue weighted by molar-refractivity contribution is 0.0901. The molecule has 1 saturated heterocycles. The van der Waals surface area contributed by atoms with E-state index in [2.05, 4.69) is 28.1 Å². The van der Waals surface area contributed by atoms with Gasteiger partial charge in [0.25, 0.3) is 5.91 Å². The maximum atomic E-state index is 12.2. The molecule has 1 heterocycles. The van der Waals surface area contributed by atoms with Crippen LogP contribution in [0.4, 0.5) is 0 Å². The van der Waals surface area contributed by atoms with Gasteiger partial charge in [0.05, 0.1) is 17.0 Å². The summed E-state index contributed by atoms with van der Waals surface area (Å²) < 4.78 is 0.852. The number of hydrogen-bond donors (Lipinski definition) is 0. The summed E-state index contributed by atoms with van der Waals surface area (Å²) in [5.41, 5.74) is 2.90. The summed E-state index contributed by atoms with van der Waals surface area (Å²) in [6.45, 7) is 0. The highest BCUT2D eigenvalue weighted by molar-refractivity contribution is 9.10. The van der Waals surface area contributed by atoms with E-state index in [0.717, 1.165) is 34.3 Å². The van der Waals surface area contributed by atoms with E-state index >= 15 is 0 Å². The van der Waals surface area contributed by atoms with Gasteiger partial charge in [-0.2, -0.15) is 0 Å². The van der Waals surface area contributed by atoms with Crippen LogP contribution in [0.3, 0.4) is 0 Å². The van der Waals surface area contributed by atoms with Crippen molar-refractivity contribution in [1.29, 1.82) is 0 Å². The first-order valence-electron chi connectivity index (χ1n) is 5.29. The van der Waals surface area contributed by atoms with Crippen LogP contribution in [0.2, 0.25) is 0 Å². The van der Waals surface area contributed by atoms with Crippen LogP contribution in [-0.2, 0) is 0 Å². The lowest BCUT2D eigenvalue weighted by Crippen LogP contribution is -2.10. The Morgan fingerprint density at radius 1 is 1.12 bits per heavy atom. The van der Waals surface area contributed by atoms with Crippen LogP contribution < -0.4 is 0 Å². The Bertz CT molecular complexity index is 510. The van der Waals surface area contributed by atoms with E-state index < -0.39 is 0 Å². The number of allylic oxidation sites excluding steroid dienone is 2. The zero-order chi connectivity index (χ0) is 11.1. The molecule has 2 nitrogen and oxygen atoms in total. The standard InChI is InChI=1S/C13H10BrNO/c14-10-6-2-1-5-9(10)13(16)15-11-7-3-4-8-12(11)15/h1-2,5-8H,3-4H2. The normalized spacial score (nSPS) is 17.4. The van der Waals surface area contributed by atoms with Crippen molar-refractivity contribution in [3.05, 3.63) is 57.8 Å². The molecule has 1 aliphatic heterocycles. The molecule has 3 heteroatoms. The average Bonchev–Trinajstić information content (AvgIpc) is 3.03. The number of fused-ring (bicyclic) bond motifs is 1. The van der Waals surface area contributed by atoms with Crippen LogP contribution in [0, 0.1) is 0 Å². The smallest absolute Gasteiger partial charge is 0.264 e. The quantitative estimate of drug-likeness (QED) is 0.719. The third kappa shape index (κ3) is 1.43. The van der Waals surface area contributed by atoms with Crippen LogP contribution in [0.25, 0.3) is 0 Å². The first-order chi connectivity index (χ1) is 7.79. The predicted octanol–water partition coefficient (Wildman–Crippen LogP) is 3.47. The number of amides is 1. The Labute approximate surface area is 102 Å². The molecule has 3 rings (SSSR count). The number of rotatable bonds is 1. The zero-order valence-electron chi connectivity index (χ0n) is 8.61. The molecule has 0 aromatic heterocycles. The van der Waals surface area contributed by atoms with Crippen molar-refractivity contribution in [2.24, 2.45) is 0 Å². The Balaban J connectivity index is 1.94. The number of benzene rings is 1. The molecule has 0 saturated carbocycles. The molecule has 0 atom stereocenters. The molecule has 0 bridgehead atoms. The molecule has 0 unspecified atom stereocenters. The molecule has 0 radical (unpaired) electrons. The molecule has 1 aromatic rings. The summed E-state index contributed by atoms with van der Waals surface area (Å²) in [6, 6.07) is 7.53. The summed E-state index contributed by atoms with van der Waals surface area (Å²) in [7, 11) is 0. The van der Waals surface area contributed by atoms with Crippen molar-refractivity contribution in [2.75, 3.05) is 0 Å². The van der Waals surface area contributed by atoms with Crippen molar-refractivity contribution < 1.29 is 4.79 Å². The van der Waals surface area contributed by atoms with Crippen LogP contribution in [0.5, 0.6) is 0 Å². The molecule has 1 aromatic carbocycles. The van der Waals surface area contributed by atoms with Crippen molar-refractivity contribution >= 4 is 21.8 Å². The fourth-order valence-electron chi connectivity index (χ4n) is 2.00. The first-order valence-corrected chi connectivity index (χ1v) is 6.08. The fourth-order valence-corrected chi connectivity index (χ4v) is 2.45. The first kappa shape index (κ1) is 9.85. The monoisotopic (exact) mass is 275 g/mol. The largest absolute Gasteiger partial charge is 0.273 e. The highest BCUT2D eigenvalue weighted by Gasteiger charge is 2.40. The number of carbonyl (C=O) groups excluding carboxylic acids is 1. The van der Waals surface area contributed by atoms with E-state index in [1.165, 1.54) is 0 Å². The number of nitrogens with zero attached hydrogens (tertiary/aromatic N) is 1. The Morgan fingerprint density at radius 2 is 1.75 bits per heavy atom. The third-order valence-electron chi connectivity index (χ3n) is 2.84. The summed E-state index contributed by atoms with van der Waals surface area (Å²) >= 11 is 3.41. The van der Waals surface area contributed by atoms with Crippen molar-refractivity contribution in [3.8, 4) is 0 Å². The second kappa shape index (κ2) is 3.59. The molecule has 1 amide bonds. The molecular formula is C13H10BrNO. The summed E-state index contributed by atoms with van der Waals surface area (Å²) in [5.74, 6) is 0.0619. The van der Waals surface area contributed by atoms with Gasteiger partial charge in [-0.1, -0.05) is 24.3 Å². The molecule has 80 valence electrons.